The van der Waals surface area contributed by atoms with Crippen LogP contribution in [0.3, 0.4) is 0 Å². The number of benzene rings is 1. The fourth-order valence-electron chi connectivity index (χ4n) is 1.99. The SMILES string of the molecule is CCn1nc(C)c(Cl)c1COc1cc(Cl)ccc1C(=N)N. The van der Waals surface area contributed by atoms with Crippen LogP contribution in [-0.4, -0.2) is 15.6 Å². The monoisotopic (exact) mass is 326 g/mol. The topological polar surface area (TPSA) is 76.9 Å². The maximum absolute atomic E-state index is 7.57. The molecule has 1 aromatic carbocycles. The van der Waals surface area contributed by atoms with Crippen molar-refractivity contribution in [3.8, 4) is 5.75 Å². The summed E-state index contributed by atoms with van der Waals surface area (Å²) in [5.74, 6) is 0.375. The molecule has 2 rings (SSSR count). The van der Waals surface area contributed by atoms with Gasteiger partial charge in [0.2, 0.25) is 0 Å². The van der Waals surface area contributed by atoms with Crippen molar-refractivity contribution in [2.45, 2.75) is 27.0 Å². The van der Waals surface area contributed by atoms with E-state index < -0.39 is 0 Å². The number of ether oxygens (including phenoxy) is 1. The number of aromatic nitrogens is 2. The van der Waals surface area contributed by atoms with Gasteiger partial charge in [0, 0.05) is 11.6 Å². The Morgan fingerprint density at radius 2 is 2.14 bits per heavy atom. The van der Waals surface area contributed by atoms with E-state index in [9.17, 15) is 0 Å². The molecule has 0 saturated carbocycles. The summed E-state index contributed by atoms with van der Waals surface area (Å²) >= 11 is 12.2. The Balaban J connectivity index is 2.28. The summed E-state index contributed by atoms with van der Waals surface area (Å²) in [5, 5.41) is 13.0. The third-order valence-corrected chi connectivity index (χ3v) is 3.78. The second kappa shape index (κ2) is 6.37. The lowest BCUT2D eigenvalue weighted by molar-refractivity contribution is 0.292. The van der Waals surface area contributed by atoms with Crippen molar-refractivity contribution in [1.82, 2.24) is 9.78 Å². The highest BCUT2D eigenvalue weighted by atomic mass is 35.5. The van der Waals surface area contributed by atoms with E-state index in [1.54, 1.807) is 22.9 Å². The van der Waals surface area contributed by atoms with Gasteiger partial charge in [-0.05, 0) is 32.0 Å². The van der Waals surface area contributed by atoms with Crippen LogP contribution >= 0.6 is 23.2 Å². The minimum absolute atomic E-state index is 0.0760. The van der Waals surface area contributed by atoms with Crippen LogP contribution in [0.4, 0.5) is 0 Å². The third kappa shape index (κ3) is 3.31. The molecule has 0 unspecified atom stereocenters. The van der Waals surface area contributed by atoms with Crippen molar-refractivity contribution < 1.29 is 4.74 Å². The lowest BCUT2D eigenvalue weighted by Gasteiger charge is -2.12. The number of nitrogen functional groups attached to an aromatic ring is 1. The first-order valence-corrected chi connectivity index (χ1v) is 7.18. The van der Waals surface area contributed by atoms with Crippen LogP contribution in [0.25, 0.3) is 0 Å². The lowest BCUT2D eigenvalue weighted by atomic mass is 10.2. The van der Waals surface area contributed by atoms with Crippen LogP contribution in [-0.2, 0) is 13.2 Å². The van der Waals surface area contributed by atoms with Crippen molar-refractivity contribution in [2.75, 3.05) is 0 Å². The number of nitrogens with two attached hydrogens (primary N) is 1. The summed E-state index contributed by atoms with van der Waals surface area (Å²) in [6, 6.07) is 4.95. The molecule has 0 bridgehead atoms. The normalized spacial score (nSPS) is 10.7. The smallest absolute Gasteiger partial charge is 0.132 e. The predicted molar refractivity (Wildman–Crippen MR) is 84.4 cm³/mol. The van der Waals surface area contributed by atoms with Crippen LogP contribution in [0.2, 0.25) is 10.0 Å². The maximum Gasteiger partial charge on any atom is 0.132 e. The molecular weight excluding hydrogens is 311 g/mol. The minimum Gasteiger partial charge on any atom is -0.486 e. The standard InChI is InChI=1S/C14H16Cl2N4O/c1-3-20-11(13(16)8(2)19-20)7-21-12-6-9(15)4-5-10(12)14(17)18/h4-6H,3,7H2,1-2H3,(H3,17,18). The number of halogens is 2. The maximum atomic E-state index is 7.57. The molecule has 0 aliphatic heterocycles. The second-order valence-corrected chi connectivity index (χ2v) is 5.32. The number of rotatable bonds is 5. The molecule has 0 saturated heterocycles. The van der Waals surface area contributed by atoms with Crippen LogP contribution in [0.1, 0.15) is 23.9 Å². The van der Waals surface area contributed by atoms with E-state index in [1.807, 2.05) is 13.8 Å². The van der Waals surface area contributed by atoms with Crippen molar-refractivity contribution in [1.29, 1.82) is 5.41 Å². The fraction of sp³-hybridized carbons (Fsp3) is 0.286. The van der Waals surface area contributed by atoms with Gasteiger partial charge in [-0.25, -0.2) is 0 Å². The van der Waals surface area contributed by atoms with E-state index >= 15 is 0 Å². The molecule has 0 aliphatic rings. The number of hydrogen-bond donors (Lipinski definition) is 2. The van der Waals surface area contributed by atoms with Gasteiger partial charge in [-0.2, -0.15) is 5.10 Å². The molecule has 21 heavy (non-hydrogen) atoms. The van der Waals surface area contributed by atoms with Gasteiger partial charge in [-0.1, -0.05) is 23.2 Å². The van der Waals surface area contributed by atoms with Crippen molar-refractivity contribution >= 4 is 29.0 Å². The number of nitrogens with zero attached hydrogens (tertiary/aromatic N) is 2. The number of aryl methyl sites for hydroxylation is 2. The number of nitrogens with one attached hydrogen (secondary N) is 1. The zero-order valence-electron chi connectivity index (χ0n) is 11.8. The molecule has 7 heteroatoms. The third-order valence-electron chi connectivity index (χ3n) is 3.05. The van der Waals surface area contributed by atoms with Gasteiger partial charge in [-0.3, -0.25) is 10.1 Å². The second-order valence-electron chi connectivity index (χ2n) is 4.50. The van der Waals surface area contributed by atoms with Gasteiger partial charge in [-0.15, -0.1) is 0 Å². The van der Waals surface area contributed by atoms with Gasteiger partial charge in [0.1, 0.15) is 18.2 Å². The summed E-state index contributed by atoms with van der Waals surface area (Å²) in [4.78, 5) is 0. The van der Waals surface area contributed by atoms with Gasteiger partial charge >= 0.3 is 0 Å². The Kier molecular flexibility index (Phi) is 4.75. The van der Waals surface area contributed by atoms with Crippen LogP contribution in [0.15, 0.2) is 18.2 Å². The largest absolute Gasteiger partial charge is 0.486 e. The summed E-state index contributed by atoms with van der Waals surface area (Å²) in [6.07, 6.45) is 0. The number of amidine groups is 1. The Hall–Kier alpha value is -1.72. The molecule has 0 spiro atoms. The molecule has 0 radical (unpaired) electrons. The highest BCUT2D eigenvalue weighted by Crippen LogP contribution is 2.26. The lowest BCUT2D eigenvalue weighted by Crippen LogP contribution is -2.14. The van der Waals surface area contributed by atoms with E-state index in [-0.39, 0.29) is 12.4 Å². The molecule has 0 atom stereocenters. The van der Waals surface area contributed by atoms with Crippen molar-refractivity contribution in [3.05, 3.63) is 45.2 Å². The van der Waals surface area contributed by atoms with Gasteiger partial charge in [0.15, 0.2) is 0 Å². The predicted octanol–water partition coefficient (Wildman–Crippen LogP) is 3.38. The molecule has 3 N–H and O–H groups in total. The Morgan fingerprint density at radius 3 is 2.76 bits per heavy atom. The van der Waals surface area contributed by atoms with E-state index in [1.165, 1.54) is 0 Å². The van der Waals surface area contributed by atoms with Crippen LogP contribution < -0.4 is 10.5 Å². The van der Waals surface area contributed by atoms with Crippen molar-refractivity contribution in [3.63, 3.8) is 0 Å². The fourth-order valence-corrected chi connectivity index (χ4v) is 2.34. The highest BCUT2D eigenvalue weighted by molar-refractivity contribution is 6.32. The first-order valence-electron chi connectivity index (χ1n) is 6.42. The van der Waals surface area contributed by atoms with E-state index in [0.29, 0.717) is 27.9 Å². The Bertz CT molecular complexity index is 682. The summed E-state index contributed by atoms with van der Waals surface area (Å²) < 4.78 is 7.54. The van der Waals surface area contributed by atoms with Crippen molar-refractivity contribution in [2.24, 2.45) is 5.73 Å². The zero-order chi connectivity index (χ0) is 15.6. The molecule has 1 aromatic heterocycles. The first-order chi connectivity index (χ1) is 9.93. The average molecular weight is 327 g/mol. The molecule has 2 aromatic rings. The molecule has 0 fully saturated rings. The average Bonchev–Trinajstić information content (AvgIpc) is 2.71. The molecule has 5 nitrogen and oxygen atoms in total. The summed E-state index contributed by atoms with van der Waals surface area (Å²) in [5.41, 5.74) is 7.58. The van der Waals surface area contributed by atoms with E-state index in [2.05, 4.69) is 5.10 Å². The molecule has 112 valence electrons. The highest BCUT2D eigenvalue weighted by Gasteiger charge is 2.15. The molecular formula is C14H16Cl2N4O. The Labute approximate surface area is 133 Å². The Morgan fingerprint density at radius 1 is 1.43 bits per heavy atom. The number of hydrogen-bond acceptors (Lipinski definition) is 3. The molecule has 0 amide bonds. The summed E-state index contributed by atoms with van der Waals surface area (Å²) in [6.45, 7) is 4.75. The van der Waals surface area contributed by atoms with Gasteiger partial charge < -0.3 is 10.5 Å². The zero-order valence-corrected chi connectivity index (χ0v) is 13.3. The van der Waals surface area contributed by atoms with Gasteiger partial charge in [0.25, 0.3) is 0 Å². The van der Waals surface area contributed by atoms with Crippen LogP contribution in [0.5, 0.6) is 5.75 Å². The molecule has 1 heterocycles. The molecule has 0 aliphatic carbocycles. The van der Waals surface area contributed by atoms with E-state index in [0.717, 1.165) is 11.4 Å². The van der Waals surface area contributed by atoms with Gasteiger partial charge in [0.05, 0.1) is 22.0 Å². The van der Waals surface area contributed by atoms with E-state index in [4.69, 9.17) is 39.1 Å². The first kappa shape index (κ1) is 15.7. The summed E-state index contributed by atoms with van der Waals surface area (Å²) in [7, 11) is 0. The minimum atomic E-state index is -0.0760. The quantitative estimate of drug-likeness (QED) is 0.653. The van der Waals surface area contributed by atoms with Crippen LogP contribution in [0, 0.1) is 12.3 Å².